The fraction of sp³-hybridized carbons (Fsp3) is 0.500. The maximum absolute atomic E-state index is 3.64. The molecule has 0 aliphatic heterocycles. The second-order valence-electron chi connectivity index (χ2n) is 1.95. The van der Waals surface area contributed by atoms with Gasteiger partial charge >= 0.3 is 0 Å². The minimum absolute atomic E-state index is 1.04. The second-order valence-corrected chi connectivity index (χ2v) is 1.95. The Kier molecular flexibility index (Phi) is 4.33. The summed E-state index contributed by atoms with van der Waals surface area (Å²) in [5.74, 6) is 0. The molecule has 0 bridgehead atoms. The molecule has 0 aliphatic carbocycles. The van der Waals surface area contributed by atoms with Crippen LogP contribution in [-0.2, 0) is 0 Å². The van der Waals surface area contributed by atoms with Crippen molar-refractivity contribution in [1.82, 2.24) is 0 Å². The first-order chi connectivity index (χ1) is 3.81. The predicted octanol–water partition coefficient (Wildman–Crippen LogP) is 2.92. The van der Waals surface area contributed by atoms with Crippen LogP contribution in [-0.4, -0.2) is 0 Å². The van der Waals surface area contributed by atoms with Gasteiger partial charge in [0.05, 0.1) is 0 Å². The third-order valence-corrected chi connectivity index (χ3v) is 1.02. The van der Waals surface area contributed by atoms with Crippen LogP contribution in [0.3, 0.4) is 0 Å². The van der Waals surface area contributed by atoms with Crippen LogP contribution >= 0.6 is 0 Å². The molecule has 46 valence electrons. The quantitative estimate of drug-likeness (QED) is 0.490. The first kappa shape index (κ1) is 7.48. The van der Waals surface area contributed by atoms with Crippen LogP contribution in [0.5, 0.6) is 0 Å². The molecule has 0 heteroatoms. The number of hydrogen-bond acceptors (Lipinski definition) is 0. The molecule has 0 aromatic rings. The van der Waals surface area contributed by atoms with E-state index in [1.54, 1.807) is 0 Å². The molecule has 0 saturated heterocycles. The Morgan fingerprint density at radius 3 is 2.62 bits per heavy atom. The maximum atomic E-state index is 3.64. The van der Waals surface area contributed by atoms with Crippen molar-refractivity contribution in [3.63, 3.8) is 0 Å². The van der Waals surface area contributed by atoms with Crippen LogP contribution < -0.4 is 0 Å². The summed E-state index contributed by atoms with van der Waals surface area (Å²) in [4.78, 5) is 0. The molecule has 0 N–H and O–H groups in total. The minimum atomic E-state index is 1.04. The van der Waals surface area contributed by atoms with Gasteiger partial charge in [-0.15, -0.1) is 6.58 Å². The Morgan fingerprint density at radius 1 is 1.62 bits per heavy atom. The van der Waals surface area contributed by atoms with Gasteiger partial charge in [-0.2, -0.15) is 0 Å². The summed E-state index contributed by atoms with van der Waals surface area (Å²) >= 11 is 0. The van der Waals surface area contributed by atoms with Crippen LogP contribution in [0.25, 0.3) is 0 Å². The van der Waals surface area contributed by atoms with Crippen LogP contribution in [0, 0.1) is 0 Å². The molecular weight excluding hydrogens is 96.1 g/mol. The lowest BCUT2D eigenvalue weighted by Gasteiger charge is -1.90. The number of rotatable bonds is 3. The Morgan fingerprint density at radius 2 is 2.25 bits per heavy atom. The van der Waals surface area contributed by atoms with Crippen LogP contribution in [0.2, 0.25) is 0 Å². The number of allylic oxidation sites excluding steroid dienone is 3. The average molecular weight is 110 g/mol. The molecule has 0 amide bonds. The van der Waals surface area contributed by atoms with Crippen molar-refractivity contribution in [2.45, 2.75) is 26.7 Å². The molecule has 0 aliphatic rings. The SMILES string of the molecule is C=CCC(C)=CCC. The molecule has 0 saturated carbocycles. The van der Waals surface area contributed by atoms with E-state index in [-0.39, 0.29) is 0 Å². The van der Waals surface area contributed by atoms with E-state index in [1.165, 1.54) is 5.57 Å². The third-order valence-electron chi connectivity index (χ3n) is 1.02. The van der Waals surface area contributed by atoms with Crippen molar-refractivity contribution in [2.75, 3.05) is 0 Å². The lowest BCUT2D eigenvalue weighted by molar-refractivity contribution is 1.12. The van der Waals surface area contributed by atoms with Gasteiger partial charge in [-0.3, -0.25) is 0 Å². The van der Waals surface area contributed by atoms with Crippen molar-refractivity contribution in [1.29, 1.82) is 0 Å². The highest BCUT2D eigenvalue weighted by atomic mass is 13.9. The lowest BCUT2D eigenvalue weighted by Crippen LogP contribution is -1.69. The zero-order chi connectivity index (χ0) is 6.41. The smallest absolute Gasteiger partial charge is 0.0144 e. The van der Waals surface area contributed by atoms with E-state index in [4.69, 9.17) is 0 Å². The van der Waals surface area contributed by atoms with E-state index in [1.807, 2.05) is 6.08 Å². The summed E-state index contributed by atoms with van der Waals surface area (Å²) < 4.78 is 0. The Bertz CT molecular complexity index is 88.2. The van der Waals surface area contributed by atoms with E-state index < -0.39 is 0 Å². The monoisotopic (exact) mass is 110 g/mol. The Balaban J connectivity index is 3.44. The molecule has 0 nitrogen and oxygen atoms in total. The highest BCUT2D eigenvalue weighted by Gasteiger charge is 1.79. The fourth-order valence-electron chi connectivity index (χ4n) is 0.659. The highest BCUT2D eigenvalue weighted by molar-refractivity contribution is 5.01. The van der Waals surface area contributed by atoms with Crippen LogP contribution in [0.15, 0.2) is 24.3 Å². The van der Waals surface area contributed by atoms with Gasteiger partial charge in [0.1, 0.15) is 0 Å². The molecule has 0 rings (SSSR count). The molecule has 0 fully saturated rings. The van der Waals surface area contributed by atoms with Crippen molar-refractivity contribution in [2.24, 2.45) is 0 Å². The van der Waals surface area contributed by atoms with E-state index >= 15 is 0 Å². The molecule has 0 unspecified atom stereocenters. The van der Waals surface area contributed by atoms with Gasteiger partial charge in [-0.1, -0.05) is 24.6 Å². The van der Waals surface area contributed by atoms with Crippen LogP contribution in [0.1, 0.15) is 26.7 Å². The minimum Gasteiger partial charge on any atom is -0.103 e. The molecular formula is C8H14. The fourth-order valence-corrected chi connectivity index (χ4v) is 0.659. The van der Waals surface area contributed by atoms with Gasteiger partial charge in [-0.05, 0) is 19.8 Å². The normalized spacial score (nSPS) is 11.5. The van der Waals surface area contributed by atoms with Crippen molar-refractivity contribution in [3.05, 3.63) is 24.3 Å². The van der Waals surface area contributed by atoms with Gasteiger partial charge in [-0.25, -0.2) is 0 Å². The molecule has 0 aromatic carbocycles. The maximum Gasteiger partial charge on any atom is -0.0144 e. The molecule has 0 atom stereocenters. The third kappa shape index (κ3) is 3.66. The summed E-state index contributed by atoms with van der Waals surface area (Å²) in [5, 5.41) is 0. The van der Waals surface area contributed by atoms with Crippen molar-refractivity contribution >= 4 is 0 Å². The lowest BCUT2D eigenvalue weighted by atomic mass is 10.2. The summed E-state index contributed by atoms with van der Waals surface area (Å²) in [6.45, 7) is 7.92. The first-order valence-corrected chi connectivity index (χ1v) is 3.07. The summed E-state index contributed by atoms with van der Waals surface area (Å²) in [6, 6.07) is 0. The average Bonchev–Trinajstić information content (AvgIpc) is 1.68. The van der Waals surface area contributed by atoms with Crippen molar-refractivity contribution < 1.29 is 0 Å². The summed E-state index contributed by atoms with van der Waals surface area (Å²) in [6.07, 6.45) is 6.33. The van der Waals surface area contributed by atoms with E-state index in [9.17, 15) is 0 Å². The summed E-state index contributed by atoms with van der Waals surface area (Å²) in [5.41, 5.74) is 1.42. The van der Waals surface area contributed by atoms with E-state index in [2.05, 4.69) is 26.5 Å². The van der Waals surface area contributed by atoms with E-state index in [0.29, 0.717) is 0 Å². The largest absolute Gasteiger partial charge is 0.103 e. The molecule has 0 heterocycles. The van der Waals surface area contributed by atoms with Gasteiger partial charge in [0, 0.05) is 0 Å². The molecule has 8 heavy (non-hydrogen) atoms. The molecule has 0 aromatic heterocycles. The molecule has 0 spiro atoms. The zero-order valence-corrected chi connectivity index (χ0v) is 5.78. The highest BCUT2D eigenvalue weighted by Crippen LogP contribution is 2.00. The van der Waals surface area contributed by atoms with Crippen LogP contribution in [0.4, 0.5) is 0 Å². The van der Waals surface area contributed by atoms with Gasteiger partial charge in [0.25, 0.3) is 0 Å². The Labute approximate surface area is 51.9 Å². The van der Waals surface area contributed by atoms with E-state index in [0.717, 1.165) is 12.8 Å². The molecule has 0 radical (unpaired) electrons. The standard InChI is InChI=1S/C8H14/c1-4-6-8(3)7-5-2/h4,7H,1,5-6H2,2-3H3. The zero-order valence-electron chi connectivity index (χ0n) is 5.78. The van der Waals surface area contributed by atoms with Gasteiger partial charge in [0.15, 0.2) is 0 Å². The van der Waals surface area contributed by atoms with Gasteiger partial charge < -0.3 is 0 Å². The first-order valence-electron chi connectivity index (χ1n) is 3.07. The number of hydrogen-bond donors (Lipinski definition) is 0. The summed E-state index contributed by atoms with van der Waals surface area (Å²) in [7, 11) is 0. The van der Waals surface area contributed by atoms with Crippen molar-refractivity contribution in [3.8, 4) is 0 Å². The van der Waals surface area contributed by atoms with Gasteiger partial charge in [0.2, 0.25) is 0 Å². The Hall–Kier alpha value is -0.520. The topological polar surface area (TPSA) is 0 Å². The second kappa shape index (κ2) is 4.63. The predicted molar refractivity (Wildman–Crippen MR) is 38.9 cm³/mol.